The van der Waals surface area contributed by atoms with Crippen molar-refractivity contribution >= 4 is 32.3 Å². The quantitative estimate of drug-likeness (QED) is 0.812. The zero-order valence-electron chi connectivity index (χ0n) is 16.2. The second-order valence-corrected chi connectivity index (χ2v) is 10.2. The van der Waals surface area contributed by atoms with Gasteiger partial charge in [0.2, 0.25) is 10.0 Å². The van der Waals surface area contributed by atoms with Gasteiger partial charge in [-0.3, -0.25) is 4.79 Å². The van der Waals surface area contributed by atoms with E-state index in [0.29, 0.717) is 22.7 Å². The number of sulfonamides is 1. The summed E-state index contributed by atoms with van der Waals surface area (Å²) in [6.07, 6.45) is 2.77. The summed E-state index contributed by atoms with van der Waals surface area (Å²) in [6, 6.07) is 8.07. The average molecular weight is 418 g/mol. The van der Waals surface area contributed by atoms with Crippen molar-refractivity contribution < 1.29 is 13.2 Å². The third-order valence-corrected chi connectivity index (χ3v) is 8.34. The lowest BCUT2D eigenvalue weighted by atomic mass is 10.1. The first-order chi connectivity index (χ1) is 13.3. The Morgan fingerprint density at radius 3 is 2.54 bits per heavy atom. The Morgan fingerprint density at radius 2 is 1.93 bits per heavy atom. The summed E-state index contributed by atoms with van der Waals surface area (Å²) >= 11 is 1.36. The molecule has 6 nitrogen and oxygen atoms in total. The van der Waals surface area contributed by atoms with Crippen LogP contribution in [-0.4, -0.2) is 31.2 Å². The Balaban J connectivity index is 1.80. The summed E-state index contributed by atoms with van der Waals surface area (Å²) in [5, 5.41) is 12.6. The Hall–Kier alpha value is -2.21. The topological polar surface area (TPSA) is 90.3 Å². The number of carbonyl (C=O) groups is 1. The van der Waals surface area contributed by atoms with E-state index in [4.69, 9.17) is 0 Å². The molecular weight excluding hydrogens is 394 g/mol. The van der Waals surface area contributed by atoms with Gasteiger partial charge >= 0.3 is 0 Å². The van der Waals surface area contributed by atoms with Crippen LogP contribution < -0.4 is 5.32 Å². The van der Waals surface area contributed by atoms with Gasteiger partial charge in [-0.15, -0.1) is 11.3 Å². The van der Waals surface area contributed by atoms with Gasteiger partial charge in [0, 0.05) is 23.0 Å². The van der Waals surface area contributed by atoms with Gasteiger partial charge in [0.25, 0.3) is 5.91 Å². The van der Waals surface area contributed by atoms with Gasteiger partial charge < -0.3 is 5.32 Å². The van der Waals surface area contributed by atoms with E-state index in [1.54, 1.807) is 4.31 Å². The van der Waals surface area contributed by atoms with Crippen LogP contribution in [0, 0.1) is 25.2 Å². The van der Waals surface area contributed by atoms with Crippen LogP contribution in [0.15, 0.2) is 29.2 Å². The van der Waals surface area contributed by atoms with Crippen LogP contribution in [0.2, 0.25) is 0 Å². The Bertz CT molecular complexity index is 1030. The molecular formula is C20H23N3O3S2. The van der Waals surface area contributed by atoms with Crippen LogP contribution in [0.25, 0.3) is 0 Å². The van der Waals surface area contributed by atoms with Crippen molar-refractivity contribution in [2.45, 2.75) is 51.0 Å². The number of anilines is 1. The van der Waals surface area contributed by atoms with Crippen molar-refractivity contribution in [3.63, 3.8) is 0 Å². The summed E-state index contributed by atoms with van der Waals surface area (Å²) in [6.45, 7) is 6.20. The molecule has 2 aromatic rings. The number of nitrogens with one attached hydrogen (secondary N) is 1. The van der Waals surface area contributed by atoms with Gasteiger partial charge in [0.15, 0.2) is 0 Å². The number of nitrogens with zero attached hydrogens (tertiary/aromatic N) is 2. The summed E-state index contributed by atoms with van der Waals surface area (Å²) in [4.78, 5) is 13.7. The Kier molecular flexibility index (Phi) is 5.89. The van der Waals surface area contributed by atoms with Gasteiger partial charge in [-0.25, -0.2) is 8.42 Å². The van der Waals surface area contributed by atoms with Crippen LogP contribution in [0.1, 0.15) is 52.5 Å². The van der Waals surface area contributed by atoms with Crippen LogP contribution in [0.4, 0.5) is 5.00 Å². The molecule has 1 aliphatic heterocycles. The second-order valence-electron chi connectivity index (χ2n) is 7.04. The van der Waals surface area contributed by atoms with Gasteiger partial charge in [-0.05, 0) is 63.4 Å². The predicted octanol–water partition coefficient (Wildman–Crippen LogP) is 4.05. The number of aryl methyl sites for hydroxylation is 1. The van der Waals surface area contributed by atoms with Gasteiger partial charge in [0.05, 0.1) is 10.5 Å². The van der Waals surface area contributed by atoms with Gasteiger partial charge in [-0.1, -0.05) is 6.42 Å². The molecule has 3 rings (SSSR count). The number of hydrogen-bond donors (Lipinski definition) is 1. The molecule has 1 N–H and O–H groups in total. The first-order valence-electron chi connectivity index (χ1n) is 9.19. The molecule has 1 fully saturated rings. The molecule has 0 bridgehead atoms. The molecule has 0 aliphatic carbocycles. The molecule has 0 saturated carbocycles. The lowest BCUT2D eigenvalue weighted by Gasteiger charge is -2.32. The van der Waals surface area contributed by atoms with Crippen LogP contribution in [-0.2, 0) is 10.0 Å². The minimum absolute atomic E-state index is 0.0172. The number of thiophene rings is 1. The third-order valence-electron chi connectivity index (χ3n) is 5.19. The molecule has 2 heterocycles. The molecule has 1 aromatic heterocycles. The van der Waals surface area contributed by atoms with Crippen molar-refractivity contribution in [1.82, 2.24) is 4.31 Å². The van der Waals surface area contributed by atoms with Crippen molar-refractivity contribution in [2.75, 3.05) is 11.9 Å². The lowest BCUT2D eigenvalue weighted by molar-refractivity contribution is 0.102. The van der Waals surface area contributed by atoms with Crippen molar-refractivity contribution in [2.24, 2.45) is 0 Å². The molecule has 0 radical (unpaired) electrons. The van der Waals surface area contributed by atoms with Gasteiger partial charge in [-0.2, -0.15) is 9.57 Å². The fraction of sp³-hybridized carbons (Fsp3) is 0.400. The SMILES string of the molecule is Cc1sc(NC(=O)c2ccc(S(=O)(=O)N3CCCC[C@@H]3C)cc2)c(C#N)c1C. The predicted molar refractivity (Wildman–Crippen MR) is 110 cm³/mol. The zero-order chi connectivity index (χ0) is 20.5. The maximum atomic E-state index is 12.9. The number of piperidine rings is 1. The lowest BCUT2D eigenvalue weighted by Crippen LogP contribution is -2.41. The Morgan fingerprint density at radius 1 is 1.25 bits per heavy atom. The van der Waals surface area contributed by atoms with Crippen LogP contribution >= 0.6 is 11.3 Å². The van der Waals surface area contributed by atoms with E-state index in [1.165, 1.54) is 35.6 Å². The molecule has 1 aliphatic rings. The van der Waals surface area contributed by atoms with Crippen molar-refractivity contribution in [1.29, 1.82) is 5.26 Å². The average Bonchev–Trinajstić information content (AvgIpc) is 2.94. The molecule has 28 heavy (non-hydrogen) atoms. The molecule has 1 aromatic carbocycles. The molecule has 148 valence electrons. The van der Waals surface area contributed by atoms with Gasteiger partial charge in [0.1, 0.15) is 11.1 Å². The van der Waals surface area contributed by atoms with E-state index < -0.39 is 10.0 Å². The highest BCUT2D eigenvalue weighted by molar-refractivity contribution is 7.89. The molecule has 0 unspecified atom stereocenters. The van der Waals surface area contributed by atoms with Crippen molar-refractivity contribution in [3.8, 4) is 6.07 Å². The van der Waals surface area contributed by atoms with Crippen molar-refractivity contribution in [3.05, 3.63) is 45.8 Å². The summed E-state index contributed by atoms with van der Waals surface area (Å²) in [5.41, 5.74) is 1.67. The normalized spacial score (nSPS) is 17.9. The number of amides is 1. The molecule has 8 heteroatoms. The minimum Gasteiger partial charge on any atom is -0.312 e. The summed E-state index contributed by atoms with van der Waals surface area (Å²) in [7, 11) is -3.56. The molecule has 1 atom stereocenters. The maximum absolute atomic E-state index is 12.9. The number of nitriles is 1. The van der Waals surface area contributed by atoms with Crippen LogP contribution in [0.3, 0.4) is 0 Å². The molecule has 1 saturated heterocycles. The third kappa shape index (κ3) is 3.83. The van der Waals surface area contributed by atoms with E-state index >= 15 is 0 Å². The Labute approximate surface area is 169 Å². The van der Waals surface area contributed by atoms with Crippen LogP contribution in [0.5, 0.6) is 0 Å². The largest absolute Gasteiger partial charge is 0.312 e. The maximum Gasteiger partial charge on any atom is 0.256 e. The molecule has 1 amide bonds. The zero-order valence-corrected chi connectivity index (χ0v) is 17.8. The van der Waals surface area contributed by atoms with E-state index in [2.05, 4.69) is 11.4 Å². The van der Waals surface area contributed by atoms with E-state index in [9.17, 15) is 18.5 Å². The highest BCUT2D eigenvalue weighted by Gasteiger charge is 2.31. The number of rotatable bonds is 4. The summed E-state index contributed by atoms with van der Waals surface area (Å²) in [5.74, 6) is -0.368. The summed E-state index contributed by atoms with van der Waals surface area (Å²) < 4.78 is 27.3. The van der Waals surface area contributed by atoms with E-state index in [0.717, 1.165) is 29.7 Å². The number of benzene rings is 1. The first-order valence-corrected chi connectivity index (χ1v) is 11.4. The highest BCUT2D eigenvalue weighted by Crippen LogP contribution is 2.32. The smallest absolute Gasteiger partial charge is 0.256 e. The standard InChI is InChI=1S/C20H23N3O3S2/c1-13-6-4-5-11-23(13)28(25,26)17-9-7-16(8-10-17)19(24)22-20-18(12-21)14(2)15(3)27-20/h7-10,13H,4-6,11H2,1-3H3,(H,22,24)/t13-/m0/s1. The second kappa shape index (κ2) is 8.03. The number of hydrogen-bond acceptors (Lipinski definition) is 5. The van der Waals surface area contributed by atoms with E-state index in [1.807, 2.05) is 20.8 Å². The highest BCUT2D eigenvalue weighted by atomic mass is 32.2. The fourth-order valence-corrected chi connectivity index (χ4v) is 6.07. The fourth-order valence-electron chi connectivity index (χ4n) is 3.37. The monoisotopic (exact) mass is 417 g/mol. The first kappa shape index (κ1) is 20.5. The van der Waals surface area contributed by atoms with E-state index in [-0.39, 0.29) is 16.8 Å². The number of carbonyl (C=O) groups excluding carboxylic acids is 1. The molecule has 0 spiro atoms. The minimum atomic E-state index is -3.56.